The van der Waals surface area contributed by atoms with Gasteiger partial charge in [0, 0.05) is 13.1 Å². The summed E-state index contributed by atoms with van der Waals surface area (Å²) in [5.74, 6) is -1.11. The van der Waals surface area contributed by atoms with Gasteiger partial charge >= 0.3 is 0 Å². The topological polar surface area (TPSA) is 59.3 Å². The summed E-state index contributed by atoms with van der Waals surface area (Å²) in [6.45, 7) is 0. The van der Waals surface area contributed by atoms with Gasteiger partial charge in [-0.15, -0.1) is 0 Å². The van der Waals surface area contributed by atoms with Crippen LogP contribution in [0, 0.1) is 5.82 Å². The molecule has 0 fully saturated rings. The van der Waals surface area contributed by atoms with E-state index in [9.17, 15) is 14.0 Å². The van der Waals surface area contributed by atoms with E-state index in [0.717, 1.165) is 12.1 Å². The molecule has 1 heterocycles. The van der Waals surface area contributed by atoms with Crippen molar-refractivity contribution < 1.29 is 13.6 Å². The van der Waals surface area contributed by atoms with Crippen LogP contribution in [0.5, 0.6) is 0 Å². The quantitative estimate of drug-likeness (QED) is 0.789. The maximum atomic E-state index is 12.9. The number of carbonyl (C=O) groups excluding carboxylic acids is 1. The van der Waals surface area contributed by atoms with Crippen molar-refractivity contribution in [2.75, 3.05) is 7.05 Å². The Bertz CT molecular complexity index is 618. The van der Waals surface area contributed by atoms with Crippen molar-refractivity contribution in [3.05, 3.63) is 46.1 Å². The lowest BCUT2D eigenvalue weighted by molar-refractivity contribution is 0.0936. The van der Waals surface area contributed by atoms with Crippen LogP contribution < -0.4 is 10.7 Å². The van der Waals surface area contributed by atoms with Gasteiger partial charge in [0.2, 0.25) is 0 Å². The van der Waals surface area contributed by atoms with Gasteiger partial charge < -0.3 is 9.73 Å². The SMILES string of the molecule is CNC(=O)c1cc(=O)c2cc(F)ccc2o1. The van der Waals surface area contributed by atoms with Gasteiger partial charge in [0.1, 0.15) is 11.4 Å². The standard InChI is InChI=1S/C11H8FNO3/c1-13-11(15)10-5-8(14)7-4-6(12)2-3-9(7)16-10/h2-5H,1H3,(H,13,15). The second-order valence-electron chi connectivity index (χ2n) is 3.19. The van der Waals surface area contributed by atoms with Crippen molar-refractivity contribution in [2.24, 2.45) is 0 Å². The smallest absolute Gasteiger partial charge is 0.286 e. The molecule has 0 atom stereocenters. The van der Waals surface area contributed by atoms with Gasteiger partial charge in [-0.1, -0.05) is 0 Å². The molecule has 2 rings (SSSR count). The van der Waals surface area contributed by atoms with Gasteiger partial charge in [-0.3, -0.25) is 9.59 Å². The fourth-order valence-corrected chi connectivity index (χ4v) is 1.36. The summed E-state index contributed by atoms with van der Waals surface area (Å²) in [6, 6.07) is 4.60. The lowest BCUT2D eigenvalue weighted by atomic mass is 10.2. The monoisotopic (exact) mass is 221 g/mol. The van der Waals surface area contributed by atoms with Crippen LogP contribution >= 0.6 is 0 Å². The van der Waals surface area contributed by atoms with Crippen molar-refractivity contribution in [3.8, 4) is 0 Å². The van der Waals surface area contributed by atoms with Crippen molar-refractivity contribution in [3.63, 3.8) is 0 Å². The fraction of sp³-hybridized carbons (Fsp3) is 0.0909. The van der Waals surface area contributed by atoms with Crippen LogP contribution in [0.1, 0.15) is 10.6 Å². The molecule has 1 aromatic heterocycles. The highest BCUT2D eigenvalue weighted by Gasteiger charge is 2.10. The molecule has 1 amide bonds. The molecule has 82 valence electrons. The molecule has 0 aliphatic heterocycles. The molecule has 1 N–H and O–H groups in total. The van der Waals surface area contributed by atoms with E-state index in [-0.39, 0.29) is 16.7 Å². The maximum Gasteiger partial charge on any atom is 0.286 e. The maximum absolute atomic E-state index is 12.9. The molecule has 0 aliphatic rings. The van der Waals surface area contributed by atoms with Gasteiger partial charge in [-0.25, -0.2) is 4.39 Å². The molecule has 2 aromatic rings. The number of nitrogens with one attached hydrogen (secondary N) is 1. The van der Waals surface area contributed by atoms with E-state index in [2.05, 4.69) is 5.32 Å². The first-order chi connectivity index (χ1) is 7.61. The molecule has 0 saturated carbocycles. The average Bonchev–Trinajstić information content (AvgIpc) is 2.28. The first-order valence-corrected chi connectivity index (χ1v) is 4.57. The second-order valence-corrected chi connectivity index (χ2v) is 3.19. The number of hydrogen-bond acceptors (Lipinski definition) is 3. The summed E-state index contributed by atoms with van der Waals surface area (Å²) in [7, 11) is 1.43. The van der Waals surface area contributed by atoms with Gasteiger partial charge in [-0.2, -0.15) is 0 Å². The normalized spacial score (nSPS) is 10.4. The van der Waals surface area contributed by atoms with Crippen molar-refractivity contribution >= 4 is 16.9 Å². The molecule has 0 spiro atoms. The minimum absolute atomic E-state index is 0.0911. The van der Waals surface area contributed by atoms with Crippen LogP contribution in [0.3, 0.4) is 0 Å². The Kier molecular flexibility index (Phi) is 2.44. The Balaban J connectivity index is 2.73. The van der Waals surface area contributed by atoms with E-state index in [4.69, 9.17) is 4.42 Å². The van der Waals surface area contributed by atoms with E-state index >= 15 is 0 Å². The lowest BCUT2D eigenvalue weighted by Gasteiger charge is -2.01. The van der Waals surface area contributed by atoms with Crippen LogP contribution in [-0.4, -0.2) is 13.0 Å². The molecule has 0 saturated heterocycles. The van der Waals surface area contributed by atoms with E-state index in [1.165, 1.54) is 19.2 Å². The first kappa shape index (κ1) is 10.4. The molecular formula is C11H8FNO3. The van der Waals surface area contributed by atoms with E-state index in [0.29, 0.717) is 0 Å². The van der Waals surface area contributed by atoms with Gasteiger partial charge in [0.15, 0.2) is 11.2 Å². The fourth-order valence-electron chi connectivity index (χ4n) is 1.36. The Labute approximate surface area is 89.7 Å². The summed E-state index contributed by atoms with van der Waals surface area (Å²) >= 11 is 0. The molecular weight excluding hydrogens is 213 g/mol. The highest BCUT2D eigenvalue weighted by atomic mass is 19.1. The van der Waals surface area contributed by atoms with Gasteiger partial charge in [-0.05, 0) is 18.2 Å². The highest BCUT2D eigenvalue weighted by Crippen LogP contribution is 2.13. The zero-order chi connectivity index (χ0) is 11.7. The predicted molar refractivity (Wildman–Crippen MR) is 55.8 cm³/mol. The molecule has 0 radical (unpaired) electrons. The molecule has 0 aliphatic carbocycles. The van der Waals surface area contributed by atoms with E-state index in [1.54, 1.807) is 0 Å². The third-order valence-corrected chi connectivity index (χ3v) is 2.14. The summed E-state index contributed by atoms with van der Waals surface area (Å²) in [6.07, 6.45) is 0. The van der Waals surface area contributed by atoms with Crippen LogP contribution in [0.25, 0.3) is 11.0 Å². The van der Waals surface area contributed by atoms with Crippen LogP contribution in [0.4, 0.5) is 4.39 Å². The summed E-state index contributed by atoms with van der Waals surface area (Å²) in [5.41, 5.74) is -0.258. The third kappa shape index (κ3) is 1.67. The summed E-state index contributed by atoms with van der Waals surface area (Å²) in [5, 5.41) is 2.46. The number of carbonyl (C=O) groups is 1. The summed E-state index contributed by atoms with van der Waals surface area (Å²) in [4.78, 5) is 22.8. The predicted octanol–water partition coefficient (Wildman–Crippen LogP) is 1.29. The third-order valence-electron chi connectivity index (χ3n) is 2.14. The van der Waals surface area contributed by atoms with Crippen molar-refractivity contribution in [1.82, 2.24) is 5.32 Å². The largest absolute Gasteiger partial charge is 0.451 e. The number of benzene rings is 1. The number of hydrogen-bond donors (Lipinski definition) is 1. The van der Waals surface area contributed by atoms with Crippen LogP contribution in [0.2, 0.25) is 0 Å². The summed E-state index contributed by atoms with van der Waals surface area (Å²) < 4.78 is 18.1. The molecule has 0 unspecified atom stereocenters. The second kappa shape index (κ2) is 3.77. The Hall–Kier alpha value is -2.17. The van der Waals surface area contributed by atoms with Crippen LogP contribution in [0.15, 0.2) is 33.5 Å². The lowest BCUT2D eigenvalue weighted by Crippen LogP contribution is -2.19. The van der Waals surface area contributed by atoms with Crippen molar-refractivity contribution in [2.45, 2.75) is 0 Å². The van der Waals surface area contributed by atoms with Crippen LogP contribution in [-0.2, 0) is 0 Å². The molecule has 5 heteroatoms. The zero-order valence-corrected chi connectivity index (χ0v) is 8.41. The minimum atomic E-state index is -0.521. The molecule has 0 bridgehead atoms. The number of amides is 1. The Morgan fingerprint density at radius 3 is 2.81 bits per heavy atom. The van der Waals surface area contributed by atoms with Crippen molar-refractivity contribution in [1.29, 1.82) is 0 Å². The Morgan fingerprint density at radius 2 is 2.12 bits per heavy atom. The number of fused-ring (bicyclic) bond motifs is 1. The van der Waals surface area contributed by atoms with E-state index < -0.39 is 17.2 Å². The average molecular weight is 221 g/mol. The highest BCUT2D eigenvalue weighted by molar-refractivity contribution is 5.92. The first-order valence-electron chi connectivity index (χ1n) is 4.57. The zero-order valence-electron chi connectivity index (χ0n) is 8.41. The van der Waals surface area contributed by atoms with Gasteiger partial charge in [0.25, 0.3) is 5.91 Å². The number of rotatable bonds is 1. The Morgan fingerprint density at radius 1 is 1.38 bits per heavy atom. The molecule has 16 heavy (non-hydrogen) atoms. The molecule has 1 aromatic carbocycles. The minimum Gasteiger partial charge on any atom is -0.451 e. The number of halogens is 1. The molecule has 4 nitrogen and oxygen atoms in total. The van der Waals surface area contributed by atoms with Gasteiger partial charge in [0.05, 0.1) is 5.39 Å². The van der Waals surface area contributed by atoms with E-state index in [1.807, 2.05) is 0 Å².